The van der Waals surface area contributed by atoms with Crippen LogP contribution in [0.2, 0.25) is 5.02 Å². The molecule has 31 heavy (non-hydrogen) atoms. The van der Waals surface area contributed by atoms with Crippen LogP contribution in [-0.2, 0) is 6.54 Å². The number of fused-ring (bicyclic) bond motifs is 1. The Morgan fingerprint density at radius 3 is 2.74 bits per heavy atom. The minimum absolute atomic E-state index is 0.0715. The van der Waals surface area contributed by atoms with E-state index in [0.29, 0.717) is 10.8 Å². The summed E-state index contributed by atoms with van der Waals surface area (Å²) in [7, 11) is 0. The largest absolute Gasteiger partial charge is 0.396 e. The van der Waals surface area contributed by atoms with Crippen LogP contribution in [0.4, 0.5) is 5.82 Å². The lowest BCUT2D eigenvalue weighted by atomic mass is 9.99. The molecule has 1 aliphatic rings. The highest BCUT2D eigenvalue weighted by Gasteiger charge is 2.26. The van der Waals surface area contributed by atoms with Crippen LogP contribution in [0.1, 0.15) is 51.9 Å². The van der Waals surface area contributed by atoms with Gasteiger partial charge < -0.3 is 10.0 Å². The first-order valence-electron chi connectivity index (χ1n) is 11.4. The average Bonchev–Trinajstić information content (AvgIpc) is 3.23. The molecule has 1 aromatic carbocycles. The number of benzene rings is 1. The van der Waals surface area contributed by atoms with Crippen molar-refractivity contribution < 1.29 is 5.11 Å². The van der Waals surface area contributed by atoms with Crippen LogP contribution in [0, 0.1) is 0 Å². The van der Waals surface area contributed by atoms with Crippen molar-refractivity contribution in [1.29, 1.82) is 0 Å². The quantitative estimate of drug-likeness (QED) is 0.511. The Hall–Kier alpha value is -2.31. The number of nitrogens with zero attached hydrogens (tertiary/aromatic N) is 4. The highest BCUT2D eigenvalue weighted by Crippen LogP contribution is 2.28. The number of anilines is 1. The predicted molar refractivity (Wildman–Crippen MR) is 126 cm³/mol. The highest BCUT2D eigenvalue weighted by molar-refractivity contribution is 6.30. The minimum atomic E-state index is -0.0715. The minimum Gasteiger partial charge on any atom is -0.396 e. The molecule has 1 atom stereocenters. The molecule has 6 nitrogen and oxygen atoms in total. The summed E-state index contributed by atoms with van der Waals surface area (Å²) >= 11 is 6.04. The Kier molecular flexibility index (Phi) is 6.98. The van der Waals surface area contributed by atoms with E-state index in [2.05, 4.69) is 16.4 Å². The first-order valence-corrected chi connectivity index (χ1v) is 11.8. The SMILES string of the molecule is CCCCCn1c(N2CCCCC2CCO)cc(=O)n2cc(-c3ccc(Cl)cc3)nc12. The Labute approximate surface area is 188 Å². The number of aliphatic hydroxyl groups excluding tert-OH is 1. The predicted octanol–water partition coefficient (Wildman–Crippen LogP) is 4.75. The molecule has 4 rings (SSSR count). The molecule has 1 aliphatic heterocycles. The van der Waals surface area contributed by atoms with Crippen LogP contribution in [0.3, 0.4) is 0 Å². The van der Waals surface area contributed by atoms with Crippen molar-refractivity contribution in [2.75, 3.05) is 18.1 Å². The number of rotatable bonds is 8. The molecule has 166 valence electrons. The Morgan fingerprint density at radius 2 is 2.00 bits per heavy atom. The van der Waals surface area contributed by atoms with E-state index in [1.54, 1.807) is 10.5 Å². The van der Waals surface area contributed by atoms with Gasteiger partial charge in [-0.2, -0.15) is 0 Å². The summed E-state index contributed by atoms with van der Waals surface area (Å²) < 4.78 is 3.86. The normalized spacial score (nSPS) is 16.9. The van der Waals surface area contributed by atoms with Gasteiger partial charge in [-0.15, -0.1) is 0 Å². The molecular weight excluding hydrogens is 412 g/mol. The number of hydrogen-bond acceptors (Lipinski definition) is 4. The molecule has 3 heterocycles. The fourth-order valence-corrected chi connectivity index (χ4v) is 4.69. The van der Waals surface area contributed by atoms with E-state index in [1.807, 2.05) is 30.5 Å². The number of aryl methyl sites for hydroxylation is 1. The van der Waals surface area contributed by atoms with E-state index < -0.39 is 0 Å². The van der Waals surface area contributed by atoms with Crippen molar-refractivity contribution in [2.24, 2.45) is 0 Å². The van der Waals surface area contributed by atoms with Crippen molar-refractivity contribution in [1.82, 2.24) is 14.0 Å². The number of piperidine rings is 1. The van der Waals surface area contributed by atoms with Crippen molar-refractivity contribution in [3.63, 3.8) is 0 Å². The van der Waals surface area contributed by atoms with Gasteiger partial charge in [0.25, 0.3) is 5.56 Å². The van der Waals surface area contributed by atoms with Crippen LogP contribution >= 0.6 is 11.6 Å². The molecule has 7 heteroatoms. The maximum Gasteiger partial charge on any atom is 0.261 e. The van der Waals surface area contributed by atoms with Crippen molar-refractivity contribution >= 4 is 23.2 Å². The standard InChI is InChI=1S/C24H31ClN4O2/c1-2-3-5-14-28-22(27-13-6-4-7-20(27)12-15-30)16-23(31)29-17-21(26-24(28)29)18-8-10-19(25)11-9-18/h8-11,16-17,20,30H,2-7,12-15H2,1H3. The summed E-state index contributed by atoms with van der Waals surface area (Å²) in [6, 6.07) is 9.54. The zero-order chi connectivity index (χ0) is 21.8. The van der Waals surface area contributed by atoms with Crippen LogP contribution < -0.4 is 10.5 Å². The van der Waals surface area contributed by atoms with Gasteiger partial charge in [0.15, 0.2) is 0 Å². The second-order valence-electron chi connectivity index (χ2n) is 8.36. The molecular formula is C24H31ClN4O2. The number of imidazole rings is 1. The molecule has 1 unspecified atom stereocenters. The zero-order valence-electron chi connectivity index (χ0n) is 18.1. The Balaban J connectivity index is 1.83. The smallest absolute Gasteiger partial charge is 0.261 e. The Morgan fingerprint density at radius 1 is 1.19 bits per heavy atom. The van der Waals surface area contributed by atoms with Gasteiger partial charge in [-0.05, 0) is 44.2 Å². The van der Waals surface area contributed by atoms with E-state index in [1.165, 1.54) is 0 Å². The van der Waals surface area contributed by atoms with Gasteiger partial charge in [0.1, 0.15) is 5.82 Å². The number of aromatic nitrogens is 3. The van der Waals surface area contributed by atoms with Crippen LogP contribution in [0.5, 0.6) is 0 Å². The zero-order valence-corrected chi connectivity index (χ0v) is 18.9. The molecule has 0 saturated carbocycles. The molecule has 0 aliphatic carbocycles. The summed E-state index contributed by atoms with van der Waals surface area (Å²) in [4.78, 5) is 20.3. The molecule has 0 amide bonds. The summed E-state index contributed by atoms with van der Waals surface area (Å²) in [5.41, 5.74) is 1.63. The van der Waals surface area contributed by atoms with Gasteiger partial charge >= 0.3 is 0 Å². The van der Waals surface area contributed by atoms with E-state index in [9.17, 15) is 9.90 Å². The molecule has 3 aromatic rings. The lowest BCUT2D eigenvalue weighted by Gasteiger charge is -2.38. The number of hydrogen-bond donors (Lipinski definition) is 1. The fraction of sp³-hybridized carbons (Fsp3) is 0.500. The van der Waals surface area contributed by atoms with Crippen LogP contribution in [0.15, 0.2) is 41.3 Å². The van der Waals surface area contributed by atoms with Gasteiger partial charge in [0.2, 0.25) is 5.78 Å². The van der Waals surface area contributed by atoms with Crippen LogP contribution in [-0.4, -0.2) is 38.3 Å². The number of unbranched alkanes of at least 4 members (excludes halogenated alkanes) is 2. The van der Waals surface area contributed by atoms with Crippen molar-refractivity contribution in [3.05, 3.63) is 51.9 Å². The van der Waals surface area contributed by atoms with E-state index in [4.69, 9.17) is 16.6 Å². The first kappa shape index (κ1) is 21.9. The lowest BCUT2D eigenvalue weighted by molar-refractivity contribution is 0.261. The first-order chi connectivity index (χ1) is 15.1. The summed E-state index contributed by atoms with van der Waals surface area (Å²) in [5.74, 6) is 1.61. The summed E-state index contributed by atoms with van der Waals surface area (Å²) in [6.07, 6.45) is 9.13. The maximum atomic E-state index is 13.1. The third kappa shape index (κ3) is 4.65. The van der Waals surface area contributed by atoms with E-state index in [-0.39, 0.29) is 18.2 Å². The van der Waals surface area contributed by atoms with Crippen molar-refractivity contribution in [3.8, 4) is 11.3 Å². The molecule has 0 spiro atoms. The molecule has 1 saturated heterocycles. The molecule has 1 N–H and O–H groups in total. The van der Waals surface area contributed by atoms with Gasteiger partial charge in [-0.1, -0.05) is 43.5 Å². The molecule has 0 bridgehead atoms. The molecule has 2 aromatic heterocycles. The highest BCUT2D eigenvalue weighted by atomic mass is 35.5. The van der Waals surface area contributed by atoms with Gasteiger partial charge in [-0.3, -0.25) is 13.8 Å². The third-order valence-corrected chi connectivity index (χ3v) is 6.46. The van der Waals surface area contributed by atoms with Gasteiger partial charge in [0, 0.05) is 48.6 Å². The summed E-state index contributed by atoms with van der Waals surface area (Å²) in [5, 5.41) is 10.3. The fourth-order valence-electron chi connectivity index (χ4n) is 4.57. The third-order valence-electron chi connectivity index (χ3n) is 6.20. The number of aliphatic hydroxyl groups is 1. The monoisotopic (exact) mass is 442 g/mol. The van der Waals surface area contributed by atoms with Gasteiger partial charge in [-0.25, -0.2) is 4.98 Å². The van der Waals surface area contributed by atoms with Crippen LogP contribution in [0.25, 0.3) is 17.0 Å². The number of halogens is 1. The average molecular weight is 443 g/mol. The Bertz CT molecular complexity index is 1070. The molecule has 1 fully saturated rings. The van der Waals surface area contributed by atoms with E-state index in [0.717, 1.165) is 75.1 Å². The van der Waals surface area contributed by atoms with E-state index >= 15 is 0 Å². The molecule has 0 radical (unpaired) electrons. The maximum absolute atomic E-state index is 13.1. The second-order valence-corrected chi connectivity index (χ2v) is 8.79. The topological polar surface area (TPSA) is 62.8 Å². The van der Waals surface area contributed by atoms with Crippen molar-refractivity contribution in [2.45, 2.75) is 64.5 Å². The van der Waals surface area contributed by atoms with Gasteiger partial charge in [0.05, 0.1) is 5.69 Å². The summed E-state index contributed by atoms with van der Waals surface area (Å²) in [6.45, 7) is 4.07. The second kappa shape index (κ2) is 9.88. The lowest BCUT2D eigenvalue weighted by Crippen LogP contribution is -2.42.